The number of hydrogen-bond donors (Lipinski definition) is 2. The van der Waals surface area contributed by atoms with E-state index in [2.05, 4.69) is 21.2 Å². The number of nitrogens with zero attached hydrogens (tertiary/aromatic N) is 1. The van der Waals surface area contributed by atoms with E-state index in [4.69, 9.17) is 0 Å². The average molecular weight is 463 g/mol. The molecule has 0 spiro atoms. The number of benzene rings is 2. The molecule has 1 amide bonds. The van der Waals surface area contributed by atoms with Gasteiger partial charge in [-0.15, -0.1) is 0 Å². The molecule has 2 aromatic carbocycles. The molecule has 108 valence electrons. The number of aromatic hydroxyl groups is 1. The van der Waals surface area contributed by atoms with Crippen molar-refractivity contribution >= 4 is 55.8 Å². The molecule has 0 radical (unpaired) electrons. The fourth-order valence-corrected chi connectivity index (χ4v) is 2.60. The molecule has 2 rings (SSSR count). The average Bonchev–Trinajstić information content (AvgIpc) is 2.43. The summed E-state index contributed by atoms with van der Waals surface area (Å²) in [5.41, 5.74) is -0.237. The van der Waals surface area contributed by atoms with Crippen LogP contribution in [0, 0.1) is 13.7 Å². The first kappa shape index (κ1) is 15.7. The molecule has 0 aliphatic carbocycles. The van der Waals surface area contributed by atoms with Crippen molar-refractivity contribution in [2.24, 2.45) is 0 Å². The third-order valence-corrected chi connectivity index (χ3v) is 4.06. The van der Waals surface area contributed by atoms with Crippen molar-refractivity contribution < 1.29 is 14.8 Å². The Labute approximate surface area is 141 Å². The number of hydrogen-bond acceptors (Lipinski definition) is 4. The lowest BCUT2D eigenvalue weighted by atomic mass is 10.2. The monoisotopic (exact) mass is 462 g/mol. The highest BCUT2D eigenvalue weighted by Crippen LogP contribution is 2.33. The van der Waals surface area contributed by atoms with Gasteiger partial charge >= 0.3 is 0 Å². The van der Waals surface area contributed by atoms with Crippen LogP contribution in [-0.2, 0) is 0 Å². The quantitative estimate of drug-likeness (QED) is 0.313. The standard InChI is InChI=1S/C13H8BrIN2O4/c14-7-4-5-9(15)8(6-7)13(19)16-12-10(17(20)21)2-1-3-11(12)18/h1-6,18H,(H,16,19). The number of nitrogens with one attached hydrogen (secondary N) is 1. The molecule has 0 bridgehead atoms. The van der Waals surface area contributed by atoms with Crippen LogP contribution in [0.2, 0.25) is 0 Å². The lowest BCUT2D eigenvalue weighted by molar-refractivity contribution is -0.384. The molecule has 8 heteroatoms. The van der Waals surface area contributed by atoms with Crippen molar-refractivity contribution in [3.8, 4) is 5.75 Å². The molecule has 0 saturated heterocycles. The summed E-state index contributed by atoms with van der Waals surface area (Å²) in [7, 11) is 0. The van der Waals surface area contributed by atoms with Crippen LogP contribution in [0.15, 0.2) is 40.9 Å². The van der Waals surface area contributed by atoms with Crippen LogP contribution in [-0.4, -0.2) is 15.9 Å². The van der Waals surface area contributed by atoms with Crippen LogP contribution >= 0.6 is 38.5 Å². The van der Waals surface area contributed by atoms with E-state index in [9.17, 15) is 20.0 Å². The van der Waals surface area contributed by atoms with E-state index in [1.807, 2.05) is 22.6 Å². The molecular weight excluding hydrogens is 455 g/mol. The largest absolute Gasteiger partial charge is 0.505 e. The normalized spacial score (nSPS) is 10.2. The van der Waals surface area contributed by atoms with E-state index in [-0.39, 0.29) is 17.1 Å². The van der Waals surface area contributed by atoms with Crippen molar-refractivity contribution in [1.82, 2.24) is 0 Å². The summed E-state index contributed by atoms with van der Waals surface area (Å²) in [6.45, 7) is 0. The molecule has 6 nitrogen and oxygen atoms in total. The Morgan fingerprint density at radius 3 is 2.71 bits per heavy atom. The SMILES string of the molecule is O=C(Nc1c(O)cccc1[N+](=O)[O-])c1cc(Br)ccc1I. The number of phenolic OH excluding ortho intramolecular Hbond substituents is 1. The maximum absolute atomic E-state index is 12.2. The van der Waals surface area contributed by atoms with E-state index >= 15 is 0 Å². The zero-order valence-corrected chi connectivity index (χ0v) is 14.1. The number of carbonyl (C=O) groups excluding carboxylic acids is 1. The molecule has 2 N–H and O–H groups in total. The molecule has 0 aromatic heterocycles. The van der Waals surface area contributed by atoms with Gasteiger partial charge in [0.25, 0.3) is 11.6 Å². The number of carbonyl (C=O) groups is 1. The van der Waals surface area contributed by atoms with Gasteiger partial charge in [-0.25, -0.2) is 0 Å². The van der Waals surface area contributed by atoms with Crippen LogP contribution in [0.4, 0.5) is 11.4 Å². The summed E-state index contributed by atoms with van der Waals surface area (Å²) in [4.78, 5) is 22.5. The maximum atomic E-state index is 12.2. The zero-order valence-electron chi connectivity index (χ0n) is 10.3. The highest BCUT2D eigenvalue weighted by Gasteiger charge is 2.21. The third kappa shape index (κ3) is 3.50. The van der Waals surface area contributed by atoms with Crippen molar-refractivity contribution in [1.29, 1.82) is 0 Å². The first-order valence-corrected chi connectivity index (χ1v) is 7.50. The van der Waals surface area contributed by atoms with E-state index < -0.39 is 10.8 Å². The minimum absolute atomic E-state index is 0.219. The van der Waals surface area contributed by atoms with Crippen molar-refractivity contribution in [3.05, 3.63) is 60.1 Å². The van der Waals surface area contributed by atoms with E-state index in [1.165, 1.54) is 18.2 Å². The molecule has 0 unspecified atom stereocenters. The second-order valence-electron chi connectivity index (χ2n) is 4.01. The van der Waals surface area contributed by atoms with Gasteiger partial charge in [0.1, 0.15) is 5.75 Å². The fourth-order valence-electron chi connectivity index (χ4n) is 1.66. The molecule has 0 heterocycles. The van der Waals surface area contributed by atoms with Gasteiger partial charge in [-0.1, -0.05) is 22.0 Å². The predicted molar refractivity (Wildman–Crippen MR) is 89.6 cm³/mol. The van der Waals surface area contributed by atoms with Crippen LogP contribution < -0.4 is 5.32 Å². The van der Waals surface area contributed by atoms with Crippen LogP contribution in [0.25, 0.3) is 0 Å². The Kier molecular flexibility index (Phi) is 4.78. The minimum Gasteiger partial charge on any atom is -0.505 e. The van der Waals surface area contributed by atoms with Crippen molar-refractivity contribution in [2.45, 2.75) is 0 Å². The second kappa shape index (κ2) is 6.39. The van der Waals surface area contributed by atoms with Gasteiger partial charge in [0, 0.05) is 14.1 Å². The van der Waals surface area contributed by atoms with Crippen LogP contribution in [0.3, 0.4) is 0 Å². The van der Waals surface area contributed by atoms with E-state index in [1.54, 1.807) is 18.2 Å². The van der Waals surface area contributed by atoms with Gasteiger partial charge in [0.05, 0.1) is 10.5 Å². The third-order valence-electron chi connectivity index (χ3n) is 2.63. The summed E-state index contributed by atoms with van der Waals surface area (Å²) in [6, 6.07) is 8.93. The van der Waals surface area contributed by atoms with Crippen molar-refractivity contribution in [2.75, 3.05) is 5.32 Å². The fraction of sp³-hybridized carbons (Fsp3) is 0. The van der Waals surface area contributed by atoms with E-state index in [0.717, 1.165) is 0 Å². The highest BCUT2D eigenvalue weighted by molar-refractivity contribution is 14.1. The van der Waals surface area contributed by atoms with Gasteiger partial charge in [-0.2, -0.15) is 0 Å². The molecular formula is C13H8BrIN2O4. The molecule has 0 aliphatic heterocycles. The van der Waals surface area contributed by atoms with Gasteiger partial charge in [-0.3, -0.25) is 14.9 Å². The van der Waals surface area contributed by atoms with E-state index in [0.29, 0.717) is 13.6 Å². The molecule has 0 fully saturated rings. The Hall–Kier alpha value is -1.68. The number of halogens is 2. The number of anilines is 1. The lowest BCUT2D eigenvalue weighted by Crippen LogP contribution is -2.14. The smallest absolute Gasteiger partial charge is 0.296 e. The van der Waals surface area contributed by atoms with Crippen LogP contribution in [0.1, 0.15) is 10.4 Å². The summed E-state index contributed by atoms with van der Waals surface area (Å²) in [5.74, 6) is -0.896. The van der Waals surface area contributed by atoms with Gasteiger partial charge in [-0.05, 0) is 46.9 Å². The summed E-state index contributed by atoms with van der Waals surface area (Å²) in [6.07, 6.45) is 0. The Morgan fingerprint density at radius 2 is 2.05 bits per heavy atom. The zero-order chi connectivity index (χ0) is 15.6. The summed E-state index contributed by atoms with van der Waals surface area (Å²) < 4.78 is 1.39. The van der Waals surface area contributed by atoms with Gasteiger partial charge in [0.15, 0.2) is 5.69 Å². The number of para-hydroxylation sites is 1. The number of amides is 1. The molecule has 21 heavy (non-hydrogen) atoms. The lowest BCUT2D eigenvalue weighted by Gasteiger charge is -2.09. The highest BCUT2D eigenvalue weighted by atomic mass is 127. The topological polar surface area (TPSA) is 92.5 Å². The number of phenols is 1. The number of nitro groups is 1. The van der Waals surface area contributed by atoms with Crippen molar-refractivity contribution in [3.63, 3.8) is 0 Å². The molecule has 0 atom stereocenters. The second-order valence-corrected chi connectivity index (χ2v) is 6.08. The molecule has 0 saturated carbocycles. The molecule has 2 aromatic rings. The molecule has 0 aliphatic rings. The Balaban J connectivity index is 2.41. The van der Waals surface area contributed by atoms with Gasteiger partial charge in [0.2, 0.25) is 0 Å². The maximum Gasteiger partial charge on any atom is 0.296 e. The summed E-state index contributed by atoms with van der Waals surface area (Å²) >= 11 is 5.25. The minimum atomic E-state index is -0.665. The predicted octanol–water partition coefficient (Wildman–Crippen LogP) is 3.92. The Bertz CT molecular complexity index is 736. The first-order chi connectivity index (χ1) is 9.90. The first-order valence-electron chi connectivity index (χ1n) is 5.63. The summed E-state index contributed by atoms with van der Waals surface area (Å²) in [5, 5.41) is 23.1. The van der Waals surface area contributed by atoms with Gasteiger partial charge < -0.3 is 10.4 Å². The van der Waals surface area contributed by atoms with Crippen LogP contribution in [0.5, 0.6) is 5.75 Å². The number of nitro benzene ring substituents is 1. The Morgan fingerprint density at radius 1 is 1.33 bits per heavy atom. The number of rotatable bonds is 3.